The van der Waals surface area contributed by atoms with E-state index in [0.29, 0.717) is 0 Å². The first-order chi connectivity index (χ1) is 10.4. The van der Waals surface area contributed by atoms with Gasteiger partial charge in [0.05, 0.1) is 6.33 Å². The molecule has 0 fully saturated rings. The van der Waals surface area contributed by atoms with Crippen molar-refractivity contribution in [1.82, 2.24) is 19.5 Å². The van der Waals surface area contributed by atoms with Gasteiger partial charge in [-0.05, 0) is 18.4 Å². The van der Waals surface area contributed by atoms with Crippen molar-refractivity contribution in [3.8, 4) is 0 Å². The summed E-state index contributed by atoms with van der Waals surface area (Å²) in [6.07, 6.45) is 8.98. The van der Waals surface area contributed by atoms with Crippen LogP contribution in [0.1, 0.15) is 31.2 Å². The first-order valence-electron chi connectivity index (χ1n) is 7.50. The van der Waals surface area contributed by atoms with Crippen LogP contribution in [-0.2, 0) is 19.4 Å². The number of rotatable bonds is 6. The molecule has 0 saturated heterocycles. The van der Waals surface area contributed by atoms with E-state index in [2.05, 4.69) is 56.9 Å². The largest absolute Gasteiger partial charge is 0.315 e. The van der Waals surface area contributed by atoms with Crippen molar-refractivity contribution in [1.29, 1.82) is 0 Å². The Balaban J connectivity index is 1.78. The number of unbranched alkanes of at least 4 members (excludes halogenated alkanes) is 1. The molecule has 3 rings (SSSR count). The summed E-state index contributed by atoms with van der Waals surface area (Å²) in [4.78, 5) is 13.2. The number of fused-ring (bicyclic) bond motifs is 1. The third-order valence-electron chi connectivity index (χ3n) is 3.57. The Morgan fingerprint density at radius 2 is 2.00 bits per heavy atom. The summed E-state index contributed by atoms with van der Waals surface area (Å²) in [5, 5.41) is 0. The molecule has 2 aromatic heterocycles. The molecule has 0 N–H and O–H groups in total. The van der Waals surface area contributed by atoms with E-state index in [0.717, 1.165) is 49.2 Å². The lowest BCUT2D eigenvalue weighted by Gasteiger charge is -2.05. The van der Waals surface area contributed by atoms with E-state index in [1.165, 1.54) is 5.56 Å². The Morgan fingerprint density at radius 1 is 1.14 bits per heavy atom. The fourth-order valence-electron chi connectivity index (χ4n) is 2.34. The van der Waals surface area contributed by atoms with Crippen LogP contribution in [0.3, 0.4) is 0 Å². The van der Waals surface area contributed by atoms with E-state index >= 15 is 0 Å². The van der Waals surface area contributed by atoms with Crippen LogP contribution >= 0.6 is 0 Å². The van der Waals surface area contributed by atoms with Crippen LogP contribution in [0.15, 0.2) is 36.7 Å². The maximum Gasteiger partial charge on any atom is 0.164 e. The summed E-state index contributed by atoms with van der Waals surface area (Å²) in [5.41, 5.74) is 2.97. The van der Waals surface area contributed by atoms with Crippen LogP contribution in [0, 0.1) is 6.20 Å². The smallest absolute Gasteiger partial charge is 0.164 e. The lowest BCUT2D eigenvalue weighted by atomic mass is 10.1. The minimum Gasteiger partial charge on any atom is -0.315 e. The quantitative estimate of drug-likeness (QED) is 0.696. The fourth-order valence-corrected chi connectivity index (χ4v) is 2.34. The van der Waals surface area contributed by atoms with Crippen LogP contribution in [-0.4, -0.2) is 19.5 Å². The molecule has 0 amide bonds. The van der Waals surface area contributed by atoms with E-state index < -0.39 is 0 Å². The van der Waals surface area contributed by atoms with Crippen molar-refractivity contribution in [3.63, 3.8) is 0 Å². The molecule has 1 radical (unpaired) electrons. The van der Waals surface area contributed by atoms with Crippen molar-refractivity contribution < 1.29 is 0 Å². The number of imidazole rings is 1. The highest BCUT2D eigenvalue weighted by Gasteiger charge is 2.07. The van der Waals surface area contributed by atoms with Crippen LogP contribution in [0.25, 0.3) is 11.2 Å². The molecule has 0 aliphatic rings. The molecule has 0 aliphatic heterocycles. The van der Waals surface area contributed by atoms with Gasteiger partial charge in [0.15, 0.2) is 5.65 Å². The third-order valence-corrected chi connectivity index (χ3v) is 3.57. The zero-order valence-corrected chi connectivity index (χ0v) is 12.3. The second kappa shape index (κ2) is 6.48. The Morgan fingerprint density at radius 3 is 2.81 bits per heavy atom. The average molecular weight is 279 g/mol. The van der Waals surface area contributed by atoms with Gasteiger partial charge in [0.1, 0.15) is 17.5 Å². The van der Waals surface area contributed by atoms with E-state index in [1.54, 1.807) is 0 Å². The summed E-state index contributed by atoms with van der Waals surface area (Å²) < 4.78 is 2.09. The number of hydrogen-bond donors (Lipinski definition) is 0. The summed E-state index contributed by atoms with van der Waals surface area (Å²) in [5.74, 6) is 0.866. The van der Waals surface area contributed by atoms with Crippen LogP contribution < -0.4 is 0 Å². The second-order valence-electron chi connectivity index (χ2n) is 5.20. The summed E-state index contributed by atoms with van der Waals surface area (Å²) in [6.45, 7) is 3.05. The van der Waals surface area contributed by atoms with Gasteiger partial charge in [-0.2, -0.15) is 0 Å². The Labute approximate surface area is 124 Å². The van der Waals surface area contributed by atoms with Crippen molar-refractivity contribution in [2.45, 2.75) is 39.2 Å². The highest BCUT2D eigenvalue weighted by atomic mass is 15.1. The van der Waals surface area contributed by atoms with Gasteiger partial charge in [0.25, 0.3) is 0 Å². The molecule has 0 unspecified atom stereocenters. The summed E-state index contributed by atoms with van der Waals surface area (Å²) >= 11 is 0. The SMILES string of the molecule is CCCCc1n[c]c2ncn(CCc3ccccc3)c2n1. The lowest BCUT2D eigenvalue weighted by Crippen LogP contribution is -2.03. The lowest BCUT2D eigenvalue weighted by molar-refractivity contribution is 0.702. The van der Waals surface area contributed by atoms with Crippen LogP contribution in [0.5, 0.6) is 0 Å². The molecule has 3 aromatic rings. The fraction of sp³-hybridized carbons (Fsp3) is 0.353. The van der Waals surface area contributed by atoms with Crippen molar-refractivity contribution in [2.24, 2.45) is 0 Å². The van der Waals surface area contributed by atoms with Crippen LogP contribution in [0.2, 0.25) is 0 Å². The van der Waals surface area contributed by atoms with Gasteiger partial charge in [0.2, 0.25) is 0 Å². The predicted molar refractivity (Wildman–Crippen MR) is 82.9 cm³/mol. The Hall–Kier alpha value is -2.23. The van der Waals surface area contributed by atoms with Gasteiger partial charge in [-0.1, -0.05) is 43.7 Å². The topological polar surface area (TPSA) is 43.6 Å². The van der Waals surface area contributed by atoms with Crippen molar-refractivity contribution >= 4 is 11.2 Å². The van der Waals surface area contributed by atoms with Gasteiger partial charge in [-0.3, -0.25) is 0 Å². The molecular weight excluding hydrogens is 260 g/mol. The number of benzene rings is 1. The van der Waals surface area contributed by atoms with Gasteiger partial charge in [0, 0.05) is 13.0 Å². The highest BCUT2D eigenvalue weighted by Crippen LogP contribution is 2.11. The normalized spacial score (nSPS) is 11.1. The van der Waals surface area contributed by atoms with E-state index in [-0.39, 0.29) is 0 Å². The molecule has 0 aliphatic carbocycles. The molecule has 107 valence electrons. The third kappa shape index (κ3) is 3.27. The number of nitrogens with zero attached hydrogens (tertiary/aromatic N) is 4. The number of aromatic nitrogens is 4. The number of aryl methyl sites for hydroxylation is 3. The van der Waals surface area contributed by atoms with E-state index in [4.69, 9.17) is 0 Å². The highest BCUT2D eigenvalue weighted by molar-refractivity contribution is 5.68. The molecule has 1 aromatic carbocycles. The minimum atomic E-state index is 0.753. The first kappa shape index (κ1) is 13.7. The average Bonchev–Trinajstić information content (AvgIpc) is 2.94. The second-order valence-corrected chi connectivity index (χ2v) is 5.20. The molecule has 4 heteroatoms. The standard InChI is InChI=1S/C17H19N4/c1-2-3-9-16-18-12-15-17(20-16)21(13-19-15)11-10-14-7-5-4-6-8-14/h4-8,13H,2-3,9-11H2,1H3. The van der Waals surface area contributed by atoms with E-state index in [1.807, 2.05) is 12.4 Å². The molecule has 0 saturated carbocycles. The predicted octanol–water partition coefficient (Wildman–Crippen LogP) is 3.21. The summed E-state index contributed by atoms with van der Waals surface area (Å²) in [6, 6.07) is 10.5. The molecule has 2 heterocycles. The maximum atomic E-state index is 4.64. The van der Waals surface area contributed by atoms with E-state index in [9.17, 15) is 0 Å². The monoisotopic (exact) mass is 279 g/mol. The van der Waals surface area contributed by atoms with Gasteiger partial charge >= 0.3 is 0 Å². The van der Waals surface area contributed by atoms with Gasteiger partial charge < -0.3 is 4.57 Å². The zero-order valence-electron chi connectivity index (χ0n) is 12.3. The van der Waals surface area contributed by atoms with Gasteiger partial charge in [-0.25, -0.2) is 15.0 Å². The number of hydrogen-bond acceptors (Lipinski definition) is 3. The molecular formula is C17H19N4. The Bertz CT molecular complexity index is 703. The molecule has 0 atom stereocenters. The van der Waals surface area contributed by atoms with Crippen molar-refractivity contribution in [2.75, 3.05) is 0 Å². The maximum absolute atomic E-state index is 4.64. The molecule has 21 heavy (non-hydrogen) atoms. The first-order valence-corrected chi connectivity index (χ1v) is 7.50. The minimum absolute atomic E-state index is 0.753. The molecule has 4 nitrogen and oxygen atoms in total. The molecule has 0 bridgehead atoms. The van der Waals surface area contributed by atoms with Gasteiger partial charge in [-0.15, -0.1) is 0 Å². The summed E-state index contributed by atoms with van der Waals surface area (Å²) in [7, 11) is 0. The van der Waals surface area contributed by atoms with Crippen LogP contribution in [0.4, 0.5) is 0 Å². The Kier molecular flexibility index (Phi) is 4.24. The zero-order chi connectivity index (χ0) is 14.5. The molecule has 0 spiro atoms. The van der Waals surface area contributed by atoms with Crippen molar-refractivity contribution in [3.05, 3.63) is 54.2 Å².